The van der Waals surface area contributed by atoms with Crippen molar-refractivity contribution in [3.05, 3.63) is 28.8 Å². The van der Waals surface area contributed by atoms with Gasteiger partial charge in [-0.15, -0.1) is 0 Å². The van der Waals surface area contributed by atoms with Gasteiger partial charge < -0.3 is 25.2 Å². The second-order valence-corrected chi connectivity index (χ2v) is 10.2. The number of methoxy groups -OCH3 is 1. The molecule has 2 unspecified atom stereocenters. The minimum Gasteiger partial charge on any atom is -0.495 e. The Morgan fingerprint density at radius 1 is 1.21 bits per heavy atom. The van der Waals surface area contributed by atoms with E-state index in [4.69, 9.17) is 21.1 Å². The highest BCUT2D eigenvalue weighted by Gasteiger charge is 2.61. The molecule has 3 N–H and O–H groups in total. The van der Waals surface area contributed by atoms with E-state index in [2.05, 4.69) is 10.6 Å². The third kappa shape index (κ3) is 6.53. The number of ether oxygens (including phenoxy) is 2. The normalized spacial score (nSPS) is 17.3. The summed E-state index contributed by atoms with van der Waals surface area (Å²) in [6.45, 7) is 8.78. The van der Waals surface area contributed by atoms with Gasteiger partial charge in [0.15, 0.2) is 0 Å². The van der Waals surface area contributed by atoms with Gasteiger partial charge in [0.1, 0.15) is 17.4 Å². The van der Waals surface area contributed by atoms with E-state index in [1.807, 2.05) is 6.92 Å². The van der Waals surface area contributed by atoms with E-state index in [9.17, 15) is 19.5 Å². The van der Waals surface area contributed by atoms with Gasteiger partial charge in [0.25, 0.3) is 0 Å². The predicted octanol–water partition coefficient (Wildman–Crippen LogP) is 4.32. The Labute approximate surface area is 200 Å². The van der Waals surface area contributed by atoms with Crippen molar-refractivity contribution in [2.45, 2.75) is 83.9 Å². The molecule has 1 aliphatic rings. The van der Waals surface area contributed by atoms with Gasteiger partial charge in [-0.3, -0.25) is 9.59 Å². The number of carbonyl (C=O) groups is 3. The van der Waals surface area contributed by atoms with Crippen molar-refractivity contribution >= 4 is 29.6 Å². The number of amides is 2. The first-order valence-electron chi connectivity index (χ1n) is 11.1. The lowest BCUT2D eigenvalue weighted by Crippen LogP contribution is -2.58. The molecule has 0 aliphatic heterocycles. The molecule has 1 saturated carbocycles. The summed E-state index contributed by atoms with van der Waals surface area (Å²) in [5.41, 5.74) is -1.99. The molecule has 8 nitrogen and oxygen atoms in total. The maximum atomic E-state index is 13.4. The van der Waals surface area contributed by atoms with E-state index in [1.165, 1.54) is 7.11 Å². The van der Waals surface area contributed by atoms with Crippen LogP contribution in [-0.4, -0.2) is 47.4 Å². The maximum absolute atomic E-state index is 13.4. The number of carboxylic acids is 1. The van der Waals surface area contributed by atoms with E-state index in [0.717, 1.165) is 0 Å². The summed E-state index contributed by atoms with van der Waals surface area (Å²) in [6, 6.07) is 4.13. The zero-order valence-electron chi connectivity index (χ0n) is 20.2. The highest BCUT2D eigenvalue weighted by molar-refractivity contribution is 6.32. The quantitative estimate of drug-likeness (QED) is 0.457. The van der Waals surface area contributed by atoms with Crippen molar-refractivity contribution in [2.24, 2.45) is 5.41 Å². The molecule has 0 aromatic heterocycles. The summed E-state index contributed by atoms with van der Waals surface area (Å²) in [4.78, 5) is 37.9. The van der Waals surface area contributed by atoms with Gasteiger partial charge in [0, 0.05) is 6.42 Å². The number of halogens is 1. The zero-order chi connectivity index (χ0) is 25.0. The summed E-state index contributed by atoms with van der Waals surface area (Å²) < 4.78 is 10.5. The molecule has 0 heterocycles. The Morgan fingerprint density at radius 2 is 1.85 bits per heavy atom. The molecule has 2 amide bonds. The minimum atomic E-state index is -1.10. The fraction of sp³-hybridized carbons (Fsp3) is 0.625. The molecule has 1 aliphatic carbocycles. The van der Waals surface area contributed by atoms with Crippen molar-refractivity contribution in [3.63, 3.8) is 0 Å². The lowest BCUT2D eigenvalue weighted by molar-refractivity contribution is -0.151. The number of nitrogens with one attached hydrogen (secondary N) is 2. The topological polar surface area (TPSA) is 114 Å². The number of hydrogen-bond donors (Lipinski definition) is 3. The van der Waals surface area contributed by atoms with E-state index in [0.29, 0.717) is 42.0 Å². The SMILES string of the molecule is CCCC(C)(C(=O)O)C1(NC(=O)C(Cc2ccc(OC)c(Cl)c2)NC(=O)OC(C)(C)C)CC1. The van der Waals surface area contributed by atoms with Crippen molar-refractivity contribution in [3.8, 4) is 5.75 Å². The fourth-order valence-corrected chi connectivity index (χ4v) is 4.33. The average Bonchev–Trinajstić information content (AvgIpc) is 3.47. The first-order chi connectivity index (χ1) is 15.3. The molecule has 1 fully saturated rings. The van der Waals surface area contributed by atoms with Crippen LogP contribution >= 0.6 is 11.6 Å². The van der Waals surface area contributed by atoms with Gasteiger partial charge in [-0.25, -0.2) is 4.79 Å². The molecular formula is C24H35ClN2O6. The second-order valence-electron chi connectivity index (χ2n) is 9.83. The molecule has 0 bridgehead atoms. The molecule has 2 atom stereocenters. The highest BCUT2D eigenvalue weighted by Crippen LogP contribution is 2.52. The Kier molecular flexibility index (Phi) is 8.27. The fourth-order valence-electron chi connectivity index (χ4n) is 4.05. The molecule has 0 spiro atoms. The standard InChI is InChI=1S/C24H35ClN2O6/c1-7-10-23(5,20(29)30)24(11-12-24)27-19(28)17(26-21(31)33-22(2,3)4)14-15-8-9-18(32-6)16(25)13-15/h8-9,13,17H,7,10-12,14H2,1-6H3,(H,26,31)(H,27,28)(H,29,30). The summed E-state index contributed by atoms with van der Waals surface area (Å²) in [5.74, 6) is -0.912. The van der Waals surface area contributed by atoms with Crippen LogP contribution < -0.4 is 15.4 Å². The Hall–Kier alpha value is -2.48. The Balaban J connectivity index is 2.28. The lowest BCUT2D eigenvalue weighted by Gasteiger charge is -2.36. The number of hydrogen-bond acceptors (Lipinski definition) is 5. The van der Waals surface area contributed by atoms with Crippen molar-refractivity contribution in [2.75, 3.05) is 7.11 Å². The van der Waals surface area contributed by atoms with Crippen LogP contribution in [0.25, 0.3) is 0 Å². The van der Waals surface area contributed by atoms with E-state index in [-0.39, 0.29) is 6.42 Å². The number of alkyl carbamates (subject to hydrolysis) is 1. The maximum Gasteiger partial charge on any atom is 0.408 e. The minimum absolute atomic E-state index is 0.141. The van der Waals surface area contributed by atoms with Crippen LogP contribution in [0.5, 0.6) is 5.75 Å². The number of aliphatic carboxylic acids is 1. The van der Waals surface area contributed by atoms with Crippen molar-refractivity contribution in [1.29, 1.82) is 0 Å². The highest BCUT2D eigenvalue weighted by atomic mass is 35.5. The van der Waals surface area contributed by atoms with Crippen LogP contribution in [0.1, 0.15) is 65.9 Å². The number of carbonyl (C=O) groups excluding carboxylic acids is 2. The van der Waals surface area contributed by atoms with Gasteiger partial charge in [-0.1, -0.05) is 31.0 Å². The monoisotopic (exact) mass is 482 g/mol. The first kappa shape index (κ1) is 26.8. The Morgan fingerprint density at radius 3 is 2.30 bits per heavy atom. The van der Waals surface area contributed by atoms with Crippen LogP contribution in [0.15, 0.2) is 18.2 Å². The number of rotatable bonds is 10. The molecular weight excluding hydrogens is 448 g/mol. The molecule has 9 heteroatoms. The lowest BCUT2D eigenvalue weighted by atomic mass is 9.75. The molecule has 0 radical (unpaired) electrons. The van der Waals surface area contributed by atoms with Crippen molar-refractivity contribution in [1.82, 2.24) is 10.6 Å². The van der Waals surface area contributed by atoms with Crippen molar-refractivity contribution < 1.29 is 29.0 Å². The molecule has 184 valence electrons. The van der Waals surface area contributed by atoms with Crippen LogP contribution in [0.3, 0.4) is 0 Å². The van der Waals surface area contributed by atoms with Crippen LogP contribution in [0.2, 0.25) is 5.02 Å². The van der Waals surface area contributed by atoms with Gasteiger partial charge >= 0.3 is 12.1 Å². The van der Waals surface area contributed by atoms with Gasteiger partial charge in [0.05, 0.1) is 23.1 Å². The smallest absolute Gasteiger partial charge is 0.408 e. The van der Waals surface area contributed by atoms with Gasteiger partial charge in [-0.05, 0) is 64.7 Å². The van der Waals surface area contributed by atoms with Crippen LogP contribution in [0, 0.1) is 5.41 Å². The molecule has 2 rings (SSSR count). The average molecular weight is 483 g/mol. The van der Waals surface area contributed by atoms with E-state index in [1.54, 1.807) is 45.9 Å². The summed E-state index contributed by atoms with van der Waals surface area (Å²) >= 11 is 6.23. The van der Waals surface area contributed by atoms with E-state index >= 15 is 0 Å². The van der Waals surface area contributed by atoms with Gasteiger partial charge in [0.2, 0.25) is 5.91 Å². The third-order valence-electron chi connectivity index (χ3n) is 6.05. The van der Waals surface area contributed by atoms with Gasteiger partial charge in [-0.2, -0.15) is 0 Å². The van der Waals surface area contributed by atoms with Crippen LogP contribution in [-0.2, 0) is 20.7 Å². The number of carboxylic acid groups (broad SMARTS) is 1. The molecule has 1 aromatic carbocycles. The summed E-state index contributed by atoms with van der Waals surface area (Å²) in [7, 11) is 1.51. The molecule has 33 heavy (non-hydrogen) atoms. The largest absolute Gasteiger partial charge is 0.495 e. The third-order valence-corrected chi connectivity index (χ3v) is 6.35. The second kappa shape index (κ2) is 10.2. The first-order valence-corrected chi connectivity index (χ1v) is 11.5. The number of benzene rings is 1. The molecule has 0 saturated heterocycles. The zero-order valence-corrected chi connectivity index (χ0v) is 21.0. The summed E-state index contributed by atoms with van der Waals surface area (Å²) in [5, 5.41) is 15.9. The predicted molar refractivity (Wildman–Crippen MR) is 126 cm³/mol. The Bertz CT molecular complexity index is 893. The van der Waals surface area contributed by atoms with Crippen LogP contribution in [0.4, 0.5) is 4.79 Å². The molecule has 1 aromatic rings. The summed E-state index contributed by atoms with van der Waals surface area (Å²) in [6.07, 6.45) is 1.64. The van der Waals surface area contributed by atoms with E-state index < -0.39 is 40.6 Å².